The molecular formula is C24H31N3O3. The van der Waals surface area contributed by atoms with Gasteiger partial charge in [0.15, 0.2) is 0 Å². The van der Waals surface area contributed by atoms with E-state index in [1.54, 1.807) is 0 Å². The Kier molecular flexibility index (Phi) is 6.77. The zero-order valence-corrected chi connectivity index (χ0v) is 17.6. The molecule has 3 aromatic rings. The second kappa shape index (κ2) is 9.87. The largest absolute Gasteiger partial charge is 0.492 e. The summed E-state index contributed by atoms with van der Waals surface area (Å²) in [6.45, 7) is 4.22. The summed E-state index contributed by atoms with van der Waals surface area (Å²) in [5.74, 6) is 2.92. The zero-order valence-electron chi connectivity index (χ0n) is 17.6. The lowest BCUT2D eigenvalue weighted by Gasteiger charge is -2.18. The summed E-state index contributed by atoms with van der Waals surface area (Å²) >= 11 is 0. The third kappa shape index (κ3) is 5.07. The van der Waals surface area contributed by atoms with E-state index in [1.165, 1.54) is 29.6 Å². The molecule has 0 aliphatic carbocycles. The summed E-state index contributed by atoms with van der Waals surface area (Å²) in [6, 6.07) is 18.0. The molecule has 1 aromatic heterocycles. The molecule has 2 aromatic carbocycles. The van der Waals surface area contributed by atoms with Crippen LogP contribution in [0.2, 0.25) is 0 Å². The minimum Gasteiger partial charge on any atom is -0.492 e. The van der Waals surface area contributed by atoms with E-state index in [-0.39, 0.29) is 6.61 Å². The number of nitrogens with zero attached hydrogens (tertiary/aromatic N) is 2. The number of aromatic nitrogens is 1. The van der Waals surface area contributed by atoms with E-state index in [0.29, 0.717) is 19.7 Å². The monoisotopic (exact) mass is 409 g/mol. The molecule has 2 heterocycles. The maximum atomic E-state index is 10.0. The van der Waals surface area contributed by atoms with Crippen LogP contribution < -0.4 is 19.7 Å². The van der Waals surface area contributed by atoms with Crippen LogP contribution in [0.3, 0.4) is 0 Å². The molecule has 1 aliphatic heterocycles. The fourth-order valence-corrected chi connectivity index (χ4v) is 3.93. The van der Waals surface area contributed by atoms with Crippen molar-refractivity contribution in [3.05, 3.63) is 54.6 Å². The number of nitrogens with one attached hydrogen (secondary N) is 1. The molecule has 0 amide bonds. The van der Waals surface area contributed by atoms with Gasteiger partial charge in [0.1, 0.15) is 36.6 Å². The van der Waals surface area contributed by atoms with Crippen molar-refractivity contribution in [1.29, 1.82) is 0 Å². The Morgan fingerprint density at radius 1 is 1.00 bits per heavy atom. The van der Waals surface area contributed by atoms with Crippen molar-refractivity contribution < 1.29 is 14.6 Å². The fourth-order valence-electron chi connectivity index (χ4n) is 3.93. The van der Waals surface area contributed by atoms with Crippen LogP contribution in [0.15, 0.2) is 54.6 Å². The van der Waals surface area contributed by atoms with Gasteiger partial charge in [-0.25, -0.2) is 0 Å². The topological polar surface area (TPSA) is 58.9 Å². The Labute approximate surface area is 178 Å². The summed E-state index contributed by atoms with van der Waals surface area (Å²) in [6.07, 6.45) is 1.99. The van der Waals surface area contributed by atoms with Crippen LogP contribution in [0.1, 0.15) is 12.8 Å². The highest BCUT2D eigenvalue weighted by molar-refractivity contribution is 5.86. The SMILES string of the molecule is Cn1c(N2CCCC2)cc2cc(OCCNC[C@H](O)COc3ccccc3)ccc21. The number of rotatable bonds is 10. The molecule has 4 rings (SSSR count). The Morgan fingerprint density at radius 2 is 1.80 bits per heavy atom. The van der Waals surface area contributed by atoms with E-state index < -0.39 is 6.10 Å². The molecule has 1 saturated heterocycles. The van der Waals surface area contributed by atoms with Gasteiger partial charge in [-0.15, -0.1) is 0 Å². The highest BCUT2D eigenvalue weighted by Crippen LogP contribution is 2.30. The molecule has 1 atom stereocenters. The highest BCUT2D eigenvalue weighted by Gasteiger charge is 2.17. The standard InChI is InChI=1S/C24H31N3O3/c1-26-23-10-9-22(15-19(23)16-24(26)27-12-5-6-13-27)29-14-11-25-17-20(28)18-30-21-7-3-2-4-8-21/h2-4,7-10,15-16,20,25,28H,5-6,11-14,17-18H2,1H3/t20-/m0/s1. The van der Waals surface area contributed by atoms with Gasteiger partial charge in [-0.2, -0.15) is 0 Å². The number of ether oxygens (including phenoxy) is 2. The van der Waals surface area contributed by atoms with E-state index in [2.05, 4.69) is 40.0 Å². The van der Waals surface area contributed by atoms with Gasteiger partial charge in [0.25, 0.3) is 0 Å². The number of anilines is 1. The normalized spacial score (nSPS) is 14.9. The van der Waals surface area contributed by atoms with Crippen LogP contribution in [0.25, 0.3) is 10.9 Å². The Bertz CT molecular complexity index is 936. The molecule has 6 heteroatoms. The first-order chi connectivity index (χ1) is 14.7. The van der Waals surface area contributed by atoms with Gasteiger partial charge in [0.05, 0.1) is 0 Å². The minimum absolute atomic E-state index is 0.266. The number of aliphatic hydroxyl groups is 1. The van der Waals surface area contributed by atoms with Crippen molar-refractivity contribution in [3.63, 3.8) is 0 Å². The second-order valence-corrected chi connectivity index (χ2v) is 7.81. The first-order valence-corrected chi connectivity index (χ1v) is 10.7. The molecule has 2 N–H and O–H groups in total. The van der Waals surface area contributed by atoms with Crippen molar-refractivity contribution in [2.24, 2.45) is 7.05 Å². The third-order valence-corrected chi connectivity index (χ3v) is 5.53. The zero-order chi connectivity index (χ0) is 20.8. The number of para-hydroxylation sites is 1. The lowest BCUT2D eigenvalue weighted by Crippen LogP contribution is -2.33. The molecular weight excluding hydrogens is 378 g/mol. The molecule has 1 aliphatic rings. The number of fused-ring (bicyclic) bond motifs is 1. The fraction of sp³-hybridized carbons (Fsp3) is 0.417. The number of hydrogen-bond donors (Lipinski definition) is 2. The van der Waals surface area contributed by atoms with Gasteiger partial charge < -0.3 is 29.4 Å². The Hall–Kier alpha value is -2.70. The van der Waals surface area contributed by atoms with Crippen molar-refractivity contribution in [1.82, 2.24) is 9.88 Å². The number of hydrogen-bond acceptors (Lipinski definition) is 5. The summed E-state index contributed by atoms with van der Waals surface area (Å²) in [5, 5.41) is 14.4. The van der Waals surface area contributed by atoms with Gasteiger partial charge in [-0.05, 0) is 49.2 Å². The van der Waals surface area contributed by atoms with Crippen molar-refractivity contribution >= 4 is 16.7 Å². The van der Waals surface area contributed by atoms with E-state index >= 15 is 0 Å². The molecule has 30 heavy (non-hydrogen) atoms. The molecule has 0 spiro atoms. The van der Waals surface area contributed by atoms with Crippen LogP contribution in [0.5, 0.6) is 11.5 Å². The van der Waals surface area contributed by atoms with E-state index in [1.807, 2.05) is 36.4 Å². The summed E-state index contributed by atoms with van der Waals surface area (Å²) in [4.78, 5) is 2.46. The summed E-state index contributed by atoms with van der Waals surface area (Å²) < 4.78 is 13.7. The molecule has 1 fully saturated rings. The van der Waals surface area contributed by atoms with Crippen LogP contribution in [0.4, 0.5) is 5.82 Å². The van der Waals surface area contributed by atoms with Gasteiger partial charge in [-0.3, -0.25) is 0 Å². The van der Waals surface area contributed by atoms with Crippen molar-refractivity contribution in [2.75, 3.05) is 44.3 Å². The van der Waals surface area contributed by atoms with Gasteiger partial charge in [0, 0.05) is 44.1 Å². The minimum atomic E-state index is -0.560. The van der Waals surface area contributed by atoms with Crippen LogP contribution >= 0.6 is 0 Å². The summed E-state index contributed by atoms with van der Waals surface area (Å²) in [5.41, 5.74) is 1.23. The quantitative estimate of drug-likeness (QED) is 0.504. The lowest BCUT2D eigenvalue weighted by molar-refractivity contribution is 0.105. The Balaban J connectivity index is 1.20. The third-order valence-electron chi connectivity index (χ3n) is 5.53. The van der Waals surface area contributed by atoms with Crippen LogP contribution in [-0.2, 0) is 7.05 Å². The average molecular weight is 410 g/mol. The van der Waals surface area contributed by atoms with Crippen LogP contribution in [0, 0.1) is 0 Å². The van der Waals surface area contributed by atoms with E-state index in [0.717, 1.165) is 24.6 Å². The highest BCUT2D eigenvalue weighted by atomic mass is 16.5. The molecule has 6 nitrogen and oxygen atoms in total. The molecule has 0 saturated carbocycles. The lowest BCUT2D eigenvalue weighted by atomic mass is 10.2. The molecule has 0 radical (unpaired) electrons. The van der Waals surface area contributed by atoms with Gasteiger partial charge >= 0.3 is 0 Å². The predicted molar refractivity (Wildman–Crippen MR) is 121 cm³/mol. The number of aryl methyl sites for hydroxylation is 1. The predicted octanol–water partition coefficient (Wildman–Crippen LogP) is 3.19. The van der Waals surface area contributed by atoms with Crippen molar-refractivity contribution in [2.45, 2.75) is 18.9 Å². The van der Waals surface area contributed by atoms with Crippen molar-refractivity contribution in [3.8, 4) is 11.5 Å². The smallest absolute Gasteiger partial charge is 0.120 e. The number of benzene rings is 2. The first kappa shape index (κ1) is 20.6. The Morgan fingerprint density at radius 3 is 2.60 bits per heavy atom. The van der Waals surface area contributed by atoms with E-state index in [9.17, 15) is 5.11 Å². The molecule has 0 bridgehead atoms. The number of aliphatic hydroxyl groups excluding tert-OH is 1. The molecule has 160 valence electrons. The summed E-state index contributed by atoms with van der Waals surface area (Å²) in [7, 11) is 2.13. The van der Waals surface area contributed by atoms with Crippen LogP contribution in [-0.4, -0.2) is 55.2 Å². The van der Waals surface area contributed by atoms with E-state index in [4.69, 9.17) is 9.47 Å². The molecule has 0 unspecified atom stereocenters. The van der Waals surface area contributed by atoms with Gasteiger partial charge in [0.2, 0.25) is 0 Å². The maximum Gasteiger partial charge on any atom is 0.120 e. The first-order valence-electron chi connectivity index (χ1n) is 10.7. The van der Waals surface area contributed by atoms with Gasteiger partial charge in [-0.1, -0.05) is 18.2 Å². The maximum absolute atomic E-state index is 10.0. The second-order valence-electron chi connectivity index (χ2n) is 7.81. The average Bonchev–Trinajstić information content (AvgIpc) is 3.41.